The van der Waals surface area contributed by atoms with Gasteiger partial charge in [0.05, 0.1) is 11.2 Å². The third kappa shape index (κ3) is 5.31. The summed E-state index contributed by atoms with van der Waals surface area (Å²) in [7, 11) is 1.80. The van der Waals surface area contributed by atoms with Gasteiger partial charge in [0.25, 0.3) is 0 Å². The smallest absolute Gasteiger partial charge is 0.324 e. The fourth-order valence-electron chi connectivity index (χ4n) is 5.13. The highest BCUT2D eigenvalue weighted by Crippen LogP contribution is 2.53. The van der Waals surface area contributed by atoms with Crippen LogP contribution < -0.4 is 15.4 Å². The maximum atomic E-state index is 12.5. The van der Waals surface area contributed by atoms with Crippen molar-refractivity contribution < 1.29 is 14.3 Å². The quantitative estimate of drug-likeness (QED) is 0.418. The van der Waals surface area contributed by atoms with Gasteiger partial charge in [-0.05, 0) is 42.7 Å². The Morgan fingerprint density at radius 1 is 1.08 bits per heavy atom. The topological polar surface area (TPSA) is 88.5 Å². The number of ether oxygens (including phenoxy) is 1. The van der Waals surface area contributed by atoms with Crippen LogP contribution in [0.5, 0.6) is 5.75 Å². The highest BCUT2D eigenvalue weighted by Gasteiger charge is 2.51. The van der Waals surface area contributed by atoms with Gasteiger partial charge in [0.2, 0.25) is 0 Å². The fourth-order valence-corrected chi connectivity index (χ4v) is 5.13. The molecule has 2 aromatic carbocycles. The van der Waals surface area contributed by atoms with Crippen LogP contribution in [-0.4, -0.2) is 39.3 Å². The van der Waals surface area contributed by atoms with Crippen LogP contribution in [0.2, 0.25) is 0 Å². The van der Waals surface area contributed by atoms with E-state index < -0.39 is 0 Å². The Morgan fingerprint density at radius 2 is 1.79 bits per heavy atom. The first-order valence-electron chi connectivity index (χ1n) is 13.1. The number of nitrogens with zero attached hydrogens (tertiary/aromatic N) is 3. The molecule has 1 unspecified atom stereocenters. The van der Waals surface area contributed by atoms with E-state index in [-0.39, 0.29) is 23.1 Å². The highest BCUT2D eigenvalue weighted by atomic mass is 16.5. The Balaban J connectivity index is 1.16. The zero-order valence-corrected chi connectivity index (χ0v) is 22.5. The van der Waals surface area contributed by atoms with Crippen molar-refractivity contribution in [1.82, 2.24) is 14.7 Å². The van der Waals surface area contributed by atoms with Crippen LogP contribution >= 0.6 is 0 Å². The summed E-state index contributed by atoms with van der Waals surface area (Å²) in [5.74, 6) is 3.52. The molecule has 2 fully saturated rings. The average molecular weight is 514 g/mol. The number of hydrogen-bond acceptors (Lipinski definition) is 5. The summed E-state index contributed by atoms with van der Waals surface area (Å²) in [6.45, 7) is 7.00. The van der Waals surface area contributed by atoms with Gasteiger partial charge in [-0.2, -0.15) is 5.10 Å². The van der Waals surface area contributed by atoms with Gasteiger partial charge in [-0.1, -0.05) is 51.1 Å². The lowest BCUT2D eigenvalue weighted by Gasteiger charge is -2.40. The largest absolute Gasteiger partial charge is 0.490 e. The molecule has 38 heavy (non-hydrogen) atoms. The van der Waals surface area contributed by atoms with E-state index in [0.29, 0.717) is 29.4 Å². The molecule has 8 nitrogen and oxygen atoms in total. The van der Waals surface area contributed by atoms with Crippen LogP contribution in [0.4, 0.5) is 16.3 Å². The minimum absolute atomic E-state index is 0.0728. The van der Waals surface area contributed by atoms with Crippen molar-refractivity contribution in [2.75, 3.05) is 17.2 Å². The molecule has 1 saturated carbocycles. The van der Waals surface area contributed by atoms with E-state index in [4.69, 9.17) is 4.74 Å². The van der Waals surface area contributed by atoms with E-state index in [1.165, 1.54) is 5.56 Å². The molecule has 198 valence electrons. The van der Waals surface area contributed by atoms with Gasteiger partial charge in [-0.25, -0.2) is 9.59 Å². The molecule has 2 N–H and O–H groups in total. The van der Waals surface area contributed by atoms with E-state index in [9.17, 15) is 9.59 Å². The molecule has 1 saturated heterocycles. The predicted octanol–water partition coefficient (Wildman–Crippen LogP) is 5.61. The number of carbonyl (C=O) groups excluding carboxylic acids is 2. The van der Waals surface area contributed by atoms with Gasteiger partial charge in [0.1, 0.15) is 29.3 Å². The summed E-state index contributed by atoms with van der Waals surface area (Å²) in [5, 5.41) is 10.2. The molecular weight excluding hydrogens is 478 g/mol. The second-order valence-electron chi connectivity index (χ2n) is 11.2. The lowest BCUT2D eigenvalue weighted by atomic mass is 9.92. The molecule has 8 heteroatoms. The first kappa shape index (κ1) is 25.6. The minimum atomic E-state index is -0.345. The summed E-state index contributed by atoms with van der Waals surface area (Å²) in [6, 6.07) is 19.2. The minimum Gasteiger partial charge on any atom is -0.490 e. The first-order valence-corrected chi connectivity index (χ1v) is 13.1. The number of urea groups is 1. The molecule has 0 radical (unpaired) electrons. The van der Waals surface area contributed by atoms with Crippen LogP contribution in [0.15, 0.2) is 66.4 Å². The summed E-state index contributed by atoms with van der Waals surface area (Å²) in [5.41, 5.74) is 3.32. The summed E-state index contributed by atoms with van der Waals surface area (Å²) >= 11 is 0. The number of amides is 2. The standard InChI is InChI=1S/C30H35N5O3/c1-29(2,3)26-19-27(34(4)33-26)32-28(37)31-22-10-12-24(13-11-22)38-25-14-17-35(23(18-25)20-36)30(15-16-30)21-8-6-5-7-9-21/h5-13,19,25H,14-18H2,1-4H3,(H2,31,32,37). The summed E-state index contributed by atoms with van der Waals surface area (Å²) < 4.78 is 7.88. The molecule has 0 spiro atoms. The molecule has 0 bridgehead atoms. The van der Waals surface area contributed by atoms with E-state index in [1.807, 2.05) is 24.3 Å². The lowest BCUT2D eigenvalue weighted by molar-refractivity contribution is 0.103. The number of anilines is 2. The number of rotatable bonds is 6. The normalized spacial score (nSPS) is 18.5. The number of piperidine rings is 1. The summed E-state index contributed by atoms with van der Waals surface area (Å²) in [6.07, 6.45) is 3.35. The first-order chi connectivity index (χ1) is 18.2. The fraction of sp³-hybridized carbons (Fsp3) is 0.400. The zero-order valence-electron chi connectivity index (χ0n) is 22.5. The zero-order chi connectivity index (χ0) is 26.9. The molecular formula is C30H35N5O3. The third-order valence-electron chi connectivity index (χ3n) is 7.40. The lowest BCUT2D eigenvalue weighted by Crippen LogP contribution is -2.43. The number of likely N-dealkylation sites (tertiary alicyclic amines) is 1. The van der Waals surface area contributed by atoms with Crippen molar-refractivity contribution in [3.05, 3.63) is 77.6 Å². The van der Waals surface area contributed by atoms with E-state index in [0.717, 1.165) is 31.5 Å². The Kier molecular flexibility index (Phi) is 6.76. The monoisotopic (exact) mass is 513 g/mol. The number of aryl methyl sites for hydroxylation is 1. The van der Waals surface area contributed by atoms with Crippen molar-refractivity contribution in [3.63, 3.8) is 0 Å². The van der Waals surface area contributed by atoms with Crippen LogP contribution in [0.3, 0.4) is 0 Å². The van der Waals surface area contributed by atoms with Gasteiger partial charge in [-0.15, -0.1) is 0 Å². The number of aromatic nitrogens is 2. The number of benzene rings is 2. The van der Waals surface area contributed by atoms with Crippen molar-refractivity contribution >= 4 is 23.5 Å². The SMILES string of the molecule is Cn1nc(C(C)(C)C)cc1NC(=O)Nc1ccc(OC2CCN(C3(c4ccccc4)CC3)C(=C=O)C2)cc1. The maximum absolute atomic E-state index is 12.5. The van der Waals surface area contributed by atoms with Gasteiger partial charge < -0.3 is 15.0 Å². The molecule has 1 aliphatic carbocycles. The Bertz CT molecular complexity index is 1350. The summed E-state index contributed by atoms with van der Waals surface area (Å²) in [4.78, 5) is 26.7. The van der Waals surface area contributed by atoms with E-state index in [2.05, 4.69) is 71.6 Å². The third-order valence-corrected chi connectivity index (χ3v) is 7.40. The van der Waals surface area contributed by atoms with Crippen molar-refractivity contribution in [3.8, 4) is 5.75 Å². The van der Waals surface area contributed by atoms with Crippen molar-refractivity contribution in [2.24, 2.45) is 7.05 Å². The van der Waals surface area contributed by atoms with Crippen molar-refractivity contribution in [1.29, 1.82) is 0 Å². The second kappa shape index (κ2) is 10.0. The number of nitrogens with one attached hydrogen (secondary N) is 2. The second-order valence-corrected chi connectivity index (χ2v) is 11.2. The highest BCUT2D eigenvalue weighted by molar-refractivity contribution is 5.99. The molecule has 1 aliphatic heterocycles. The van der Waals surface area contributed by atoms with Crippen LogP contribution in [0, 0.1) is 0 Å². The Morgan fingerprint density at radius 3 is 2.39 bits per heavy atom. The van der Waals surface area contributed by atoms with Gasteiger partial charge in [0, 0.05) is 43.6 Å². The van der Waals surface area contributed by atoms with Gasteiger partial charge >= 0.3 is 6.03 Å². The van der Waals surface area contributed by atoms with E-state index in [1.54, 1.807) is 23.9 Å². The van der Waals surface area contributed by atoms with Gasteiger partial charge in [-0.3, -0.25) is 10.00 Å². The molecule has 1 aromatic heterocycles. The molecule has 1 atom stereocenters. The van der Waals surface area contributed by atoms with Crippen molar-refractivity contribution in [2.45, 2.75) is 63.5 Å². The molecule has 5 rings (SSSR count). The van der Waals surface area contributed by atoms with E-state index >= 15 is 0 Å². The molecule has 2 amide bonds. The Labute approximate surface area is 223 Å². The Hall–Kier alpha value is -4.03. The average Bonchev–Trinajstić information content (AvgIpc) is 3.62. The molecule has 2 heterocycles. The number of carbonyl (C=O) groups is 1. The molecule has 2 aliphatic rings. The maximum Gasteiger partial charge on any atom is 0.324 e. The number of hydrogen-bond donors (Lipinski definition) is 2. The predicted molar refractivity (Wildman–Crippen MR) is 148 cm³/mol. The molecule has 3 aromatic rings. The van der Waals surface area contributed by atoms with Crippen LogP contribution in [0.1, 0.15) is 57.7 Å². The van der Waals surface area contributed by atoms with Crippen LogP contribution in [-0.2, 0) is 22.8 Å². The van der Waals surface area contributed by atoms with Crippen LogP contribution in [0.25, 0.3) is 0 Å². The van der Waals surface area contributed by atoms with Gasteiger partial charge in [0.15, 0.2) is 0 Å².